The normalized spacial score (nSPS) is 15.8. The summed E-state index contributed by atoms with van der Waals surface area (Å²) in [5.41, 5.74) is 3.05. The Morgan fingerprint density at radius 2 is 1.79 bits per heavy atom. The van der Waals surface area contributed by atoms with Crippen LogP contribution in [0.25, 0.3) is 11.8 Å². The highest BCUT2D eigenvalue weighted by molar-refractivity contribution is 6.19. The second-order valence-electron chi connectivity index (χ2n) is 6.18. The summed E-state index contributed by atoms with van der Waals surface area (Å²) >= 11 is 0. The molecule has 1 aliphatic rings. The van der Waals surface area contributed by atoms with E-state index in [2.05, 4.69) is 30.8 Å². The van der Waals surface area contributed by atoms with Gasteiger partial charge >= 0.3 is 11.9 Å². The second-order valence-corrected chi connectivity index (χ2v) is 6.18. The molecule has 2 aromatic carbocycles. The van der Waals surface area contributed by atoms with Crippen LogP contribution in [0.15, 0.2) is 80.9 Å². The fraction of sp³-hybridized carbons (Fsp3) is 0.0500. The van der Waals surface area contributed by atoms with Crippen molar-refractivity contribution in [3.63, 3.8) is 0 Å². The van der Waals surface area contributed by atoms with Crippen molar-refractivity contribution in [1.82, 2.24) is 15.2 Å². The van der Waals surface area contributed by atoms with E-state index in [0.717, 1.165) is 11.1 Å². The fourth-order valence-corrected chi connectivity index (χ4v) is 2.99. The zero-order valence-electron chi connectivity index (χ0n) is 14.9. The van der Waals surface area contributed by atoms with E-state index in [0.29, 0.717) is 11.4 Å². The molecule has 0 spiro atoms. The number of carbonyl (C=O) groups excluding carboxylic acids is 1. The van der Waals surface area contributed by atoms with Crippen LogP contribution in [0.3, 0.4) is 0 Å². The molecule has 1 aliphatic heterocycles. The van der Waals surface area contributed by atoms with E-state index in [4.69, 9.17) is 8.83 Å². The first kappa shape index (κ1) is 16.9. The molecule has 0 aliphatic carbocycles. The largest absolute Gasteiger partial charge is 0.441 e. The molecule has 9 heteroatoms. The van der Waals surface area contributed by atoms with Crippen molar-refractivity contribution in [1.29, 1.82) is 0 Å². The van der Waals surface area contributed by atoms with Gasteiger partial charge in [-0.05, 0) is 6.07 Å². The van der Waals surface area contributed by atoms with Gasteiger partial charge in [-0.3, -0.25) is 4.79 Å². The molecule has 3 heterocycles. The van der Waals surface area contributed by atoms with Gasteiger partial charge in [0.05, 0.1) is 17.6 Å². The third kappa shape index (κ3) is 3.25. The quantitative estimate of drug-likeness (QED) is 0.553. The van der Waals surface area contributed by atoms with Crippen LogP contribution in [0.4, 0.5) is 11.7 Å². The standard InChI is InChI=1S/C20H14N6O3/c27-17-16(24-20-26-25-19(29-20)18-21-10-11-28-18)23-15(12-6-2-1-3-7-12)13-8-4-5-9-14(13)22-17/h1-11,16H,(H,22,27)(H,24,26). The minimum absolute atomic E-state index is 0.0282. The molecule has 0 saturated heterocycles. The highest BCUT2D eigenvalue weighted by Gasteiger charge is 2.27. The Balaban J connectivity index is 1.52. The minimum atomic E-state index is -0.976. The molecule has 0 radical (unpaired) electrons. The van der Waals surface area contributed by atoms with Crippen molar-refractivity contribution in [2.75, 3.05) is 10.6 Å². The van der Waals surface area contributed by atoms with Gasteiger partial charge in [0.2, 0.25) is 6.17 Å². The summed E-state index contributed by atoms with van der Waals surface area (Å²) in [6.45, 7) is 0. The molecular formula is C20H14N6O3. The first-order chi connectivity index (χ1) is 14.3. The van der Waals surface area contributed by atoms with Gasteiger partial charge in [-0.2, -0.15) is 0 Å². The van der Waals surface area contributed by atoms with Crippen molar-refractivity contribution in [2.24, 2.45) is 4.99 Å². The van der Waals surface area contributed by atoms with Crippen LogP contribution in [0, 0.1) is 0 Å². The molecule has 0 bridgehead atoms. The molecule has 2 N–H and O–H groups in total. The van der Waals surface area contributed by atoms with Crippen LogP contribution in [-0.4, -0.2) is 33.0 Å². The van der Waals surface area contributed by atoms with E-state index in [9.17, 15) is 4.79 Å². The van der Waals surface area contributed by atoms with E-state index in [1.54, 1.807) is 0 Å². The first-order valence-electron chi connectivity index (χ1n) is 8.81. The third-order valence-electron chi connectivity index (χ3n) is 4.29. The molecule has 9 nitrogen and oxygen atoms in total. The zero-order valence-corrected chi connectivity index (χ0v) is 14.9. The van der Waals surface area contributed by atoms with Gasteiger partial charge in [0.1, 0.15) is 6.26 Å². The maximum absolute atomic E-state index is 12.8. The monoisotopic (exact) mass is 386 g/mol. The lowest BCUT2D eigenvalue weighted by atomic mass is 10.0. The molecule has 142 valence electrons. The molecule has 1 amide bonds. The molecule has 1 atom stereocenters. The molecule has 5 rings (SSSR count). The molecular weight excluding hydrogens is 372 g/mol. The second kappa shape index (κ2) is 7.04. The number of benzene rings is 2. The molecule has 29 heavy (non-hydrogen) atoms. The number of nitrogens with zero attached hydrogens (tertiary/aromatic N) is 4. The van der Waals surface area contributed by atoms with Crippen molar-refractivity contribution in [3.05, 3.63) is 78.2 Å². The van der Waals surface area contributed by atoms with Crippen LogP contribution in [0.1, 0.15) is 11.1 Å². The average molecular weight is 386 g/mol. The fourth-order valence-electron chi connectivity index (χ4n) is 2.99. The third-order valence-corrected chi connectivity index (χ3v) is 4.29. The number of benzodiazepines with no additional fused rings is 1. The SMILES string of the molecule is O=C1Nc2ccccc2C(c2ccccc2)=NC1Nc1nnc(-c2ncco2)o1. The Kier molecular flexibility index (Phi) is 4.10. The predicted molar refractivity (Wildman–Crippen MR) is 104 cm³/mol. The highest BCUT2D eigenvalue weighted by Crippen LogP contribution is 2.25. The highest BCUT2D eigenvalue weighted by atomic mass is 16.4. The number of hydrogen-bond donors (Lipinski definition) is 2. The van der Waals surface area contributed by atoms with Crippen molar-refractivity contribution >= 4 is 23.3 Å². The molecule has 4 aromatic rings. The van der Waals surface area contributed by atoms with Crippen LogP contribution >= 0.6 is 0 Å². The number of aromatic nitrogens is 3. The van der Waals surface area contributed by atoms with Crippen LogP contribution in [-0.2, 0) is 4.79 Å². The van der Waals surface area contributed by atoms with Gasteiger partial charge in [0, 0.05) is 11.1 Å². The Hall–Kier alpha value is -4.27. The number of carbonyl (C=O) groups is 1. The van der Waals surface area contributed by atoms with Gasteiger partial charge in [0.15, 0.2) is 0 Å². The maximum Gasteiger partial charge on any atom is 0.317 e. The van der Waals surface area contributed by atoms with Crippen LogP contribution < -0.4 is 10.6 Å². The Labute approximate surface area is 164 Å². The van der Waals surface area contributed by atoms with Crippen molar-refractivity contribution in [3.8, 4) is 11.8 Å². The Bertz CT molecular complexity index is 1180. The summed E-state index contributed by atoms with van der Waals surface area (Å²) in [4.78, 5) is 21.4. The summed E-state index contributed by atoms with van der Waals surface area (Å²) in [5.74, 6) is -0.0573. The number of para-hydroxylation sites is 1. The predicted octanol–water partition coefficient (Wildman–Crippen LogP) is 2.95. The first-order valence-corrected chi connectivity index (χ1v) is 8.81. The topological polar surface area (TPSA) is 118 Å². The summed E-state index contributed by atoms with van der Waals surface area (Å²) < 4.78 is 10.6. The van der Waals surface area contributed by atoms with E-state index in [-0.39, 0.29) is 23.7 Å². The van der Waals surface area contributed by atoms with Crippen LogP contribution in [0.2, 0.25) is 0 Å². The van der Waals surface area contributed by atoms with E-state index < -0.39 is 6.17 Å². The lowest BCUT2D eigenvalue weighted by Gasteiger charge is -2.11. The number of anilines is 2. The summed E-state index contributed by atoms with van der Waals surface area (Å²) in [6, 6.07) is 17.2. The Morgan fingerprint density at radius 3 is 2.62 bits per heavy atom. The summed E-state index contributed by atoms with van der Waals surface area (Å²) in [5, 5.41) is 13.5. The smallest absolute Gasteiger partial charge is 0.317 e. The number of fused-ring (bicyclic) bond motifs is 1. The van der Waals surface area contributed by atoms with Gasteiger partial charge < -0.3 is 19.5 Å². The lowest BCUT2D eigenvalue weighted by molar-refractivity contribution is -0.116. The van der Waals surface area contributed by atoms with Gasteiger partial charge in [-0.1, -0.05) is 53.6 Å². The van der Waals surface area contributed by atoms with Crippen molar-refractivity contribution in [2.45, 2.75) is 6.17 Å². The maximum atomic E-state index is 12.8. The Morgan fingerprint density at radius 1 is 0.966 bits per heavy atom. The van der Waals surface area contributed by atoms with Gasteiger partial charge in [0.25, 0.3) is 11.8 Å². The number of rotatable bonds is 4. The number of nitrogens with one attached hydrogen (secondary N) is 2. The average Bonchev–Trinajstić information content (AvgIpc) is 3.42. The minimum Gasteiger partial charge on any atom is -0.441 e. The number of aliphatic imine (C=N–C) groups is 1. The van der Waals surface area contributed by atoms with E-state index in [1.165, 1.54) is 12.5 Å². The molecule has 1 unspecified atom stereocenters. The number of oxazole rings is 1. The van der Waals surface area contributed by atoms with E-state index >= 15 is 0 Å². The van der Waals surface area contributed by atoms with Gasteiger partial charge in [-0.25, -0.2) is 9.98 Å². The molecule has 2 aromatic heterocycles. The molecule has 0 saturated carbocycles. The number of hydrogen-bond acceptors (Lipinski definition) is 8. The van der Waals surface area contributed by atoms with Gasteiger partial charge in [-0.15, -0.1) is 5.10 Å². The van der Waals surface area contributed by atoms with Crippen LogP contribution in [0.5, 0.6) is 0 Å². The summed E-state index contributed by atoms with van der Waals surface area (Å²) in [7, 11) is 0. The molecule has 0 fully saturated rings. The zero-order chi connectivity index (χ0) is 19.6. The van der Waals surface area contributed by atoms with Crippen molar-refractivity contribution < 1.29 is 13.6 Å². The number of amides is 1. The summed E-state index contributed by atoms with van der Waals surface area (Å²) in [6.07, 6.45) is 1.90. The van der Waals surface area contributed by atoms with E-state index in [1.807, 2.05) is 54.6 Å². The lowest BCUT2D eigenvalue weighted by Crippen LogP contribution is -2.32.